The second-order valence-electron chi connectivity index (χ2n) is 9.96. The number of rotatable bonds is 11. The molecule has 3 atom stereocenters. The van der Waals surface area contributed by atoms with Crippen LogP contribution in [-0.4, -0.2) is 71.2 Å². The number of hydrogen-bond acceptors (Lipinski definition) is 8. The maximum atomic E-state index is 13.2. The number of aliphatic imine (C=N–C) groups is 1. The van der Waals surface area contributed by atoms with Crippen LogP contribution < -0.4 is 10.5 Å². The summed E-state index contributed by atoms with van der Waals surface area (Å²) in [5.41, 5.74) is 6.57. The lowest BCUT2D eigenvalue weighted by atomic mass is 9.96. The summed E-state index contributed by atoms with van der Waals surface area (Å²) in [6, 6.07) is 6.45. The van der Waals surface area contributed by atoms with E-state index in [0.29, 0.717) is 18.6 Å². The van der Waals surface area contributed by atoms with Crippen molar-refractivity contribution in [3.63, 3.8) is 0 Å². The molecule has 36 heavy (non-hydrogen) atoms. The molecule has 0 bridgehead atoms. The van der Waals surface area contributed by atoms with Crippen molar-refractivity contribution < 1.29 is 28.5 Å². The van der Waals surface area contributed by atoms with Crippen LogP contribution in [0.5, 0.6) is 5.75 Å². The summed E-state index contributed by atoms with van der Waals surface area (Å²) in [7, 11) is 0. The zero-order valence-electron chi connectivity index (χ0n) is 22.3. The average Bonchev–Trinajstić information content (AvgIpc) is 2.81. The van der Waals surface area contributed by atoms with Gasteiger partial charge in [-0.05, 0) is 57.7 Å². The summed E-state index contributed by atoms with van der Waals surface area (Å²) in [6.45, 7) is 11.2. The first-order chi connectivity index (χ1) is 16.9. The SMILES string of the molecule is CCCN1C(=O)[N+]([O-])(CCC)C(=O)C(=NCC(CC)c2ccc(OCC(=O)OC(C)(C)C)cc2)C1N. The van der Waals surface area contributed by atoms with Crippen molar-refractivity contribution in [1.82, 2.24) is 4.90 Å². The molecule has 1 fully saturated rings. The van der Waals surface area contributed by atoms with E-state index in [2.05, 4.69) is 4.99 Å². The number of carbonyl (C=O) groups excluding carboxylic acids is 3. The Morgan fingerprint density at radius 3 is 2.33 bits per heavy atom. The predicted molar refractivity (Wildman–Crippen MR) is 137 cm³/mol. The van der Waals surface area contributed by atoms with Gasteiger partial charge < -0.3 is 20.4 Å². The molecule has 3 amide bonds. The van der Waals surface area contributed by atoms with E-state index in [1.54, 1.807) is 39.8 Å². The van der Waals surface area contributed by atoms with E-state index in [0.717, 1.165) is 12.0 Å². The molecule has 1 aliphatic heterocycles. The number of hydroxylamine groups is 3. The Labute approximate surface area is 213 Å². The lowest BCUT2D eigenvalue weighted by Gasteiger charge is -2.46. The van der Waals surface area contributed by atoms with Crippen LogP contribution in [0.1, 0.15) is 72.3 Å². The Morgan fingerprint density at radius 1 is 1.17 bits per heavy atom. The molecule has 1 saturated heterocycles. The van der Waals surface area contributed by atoms with Gasteiger partial charge in [0.2, 0.25) is 0 Å². The van der Waals surface area contributed by atoms with E-state index in [9.17, 15) is 19.6 Å². The standard InChI is InChI=1S/C26H40N4O6/c1-7-14-29-23(27)22(24(32)30(34,15-8-2)25(29)33)28-16-18(9-3)19-10-12-20(13-11-19)35-17-21(31)36-26(4,5)6/h10-13,18,23H,7-9,14-17,27H2,1-6H3. The summed E-state index contributed by atoms with van der Waals surface area (Å²) in [5, 5.41) is 13.2. The maximum Gasteiger partial charge on any atom is 0.428 e. The van der Waals surface area contributed by atoms with Gasteiger partial charge in [-0.3, -0.25) is 9.89 Å². The van der Waals surface area contributed by atoms with Gasteiger partial charge in [-0.2, -0.15) is 0 Å². The largest absolute Gasteiger partial charge is 0.616 e. The van der Waals surface area contributed by atoms with E-state index in [1.807, 2.05) is 26.0 Å². The summed E-state index contributed by atoms with van der Waals surface area (Å²) in [6.07, 6.45) is 0.668. The van der Waals surface area contributed by atoms with Crippen molar-refractivity contribution in [1.29, 1.82) is 0 Å². The lowest BCUT2D eigenvalue weighted by Crippen LogP contribution is -2.72. The molecule has 10 nitrogen and oxygen atoms in total. The molecule has 1 aromatic carbocycles. The molecule has 0 aromatic heterocycles. The monoisotopic (exact) mass is 504 g/mol. The van der Waals surface area contributed by atoms with Crippen molar-refractivity contribution in [2.45, 2.75) is 78.5 Å². The van der Waals surface area contributed by atoms with E-state index in [-0.39, 0.29) is 37.9 Å². The van der Waals surface area contributed by atoms with E-state index < -0.39 is 34.3 Å². The molecule has 0 radical (unpaired) electrons. The Bertz CT molecular complexity index is 956. The molecule has 3 unspecified atom stereocenters. The second kappa shape index (κ2) is 12.4. The van der Waals surface area contributed by atoms with Gasteiger partial charge in [-0.15, -0.1) is 0 Å². The summed E-state index contributed by atoms with van der Waals surface area (Å²) < 4.78 is 9.18. The number of benzene rings is 1. The van der Waals surface area contributed by atoms with Crippen LogP contribution in [0.15, 0.2) is 29.3 Å². The predicted octanol–water partition coefficient (Wildman–Crippen LogP) is 3.72. The number of ether oxygens (including phenoxy) is 2. The van der Waals surface area contributed by atoms with Crippen molar-refractivity contribution in [2.75, 3.05) is 26.2 Å². The zero-order chi connectivity index (χ0) is 27.1. The third-order valence-corrected chi connectivity index (χ3v) is 5.82. The van der Waals surface area contributed by atoms with Crippen molar-refractivity contribution in [3.05, 3.63) is 35.0 Å². The van der Waals surface area contributed by atoms with Gasteiger partial charge in [-0.1, -0.05) is 32.9 Å². The van der Waals surface area contributed by atoms with Crippen LogP contribution in [0.2, 0.25) is 0 Å². The number of hydrogen-bond donors (Lipinski definition) is 1. The van der Waals surface area contributed by atoms with Crippen LogP contribution in [0.3, 0.4) is 0 Å². The molecule has 10 heteroatoms. The van der Waals surface area contributed by atoms with E-state index in [1.165, 1.54) is 4.90 Å². The minimum atomic E-state index is -1.58. The normalized spacial score (nSPS) is 22.6. The number of nitrogens with two attached hydrogens (primary N) is 1. The molecule has 1 heterocycles. The second-order valence-corrected chi connectivity index (χ2v) is 9.96. The first-order valence-corrected chi connectivity index (χ1v) is 12.6. The molecular formula is C26H40N4O6. The molecule has 1 aromatic rings. The Balaban J connectivity index is 2.16. The molecular weight excluding hydrogens is 464 g/mol. The number of imide groups is 1. The summed E-state index contributed by atoms with van der Waals surface area (Å²) >= 11 is 0. The van der Waals surface area contributed by atoms with E-state index >= 15 is 0 Å². The minimum Gasteiger partial charge on any atom is -0.616 e. The van der Waals surface area contributed by atoms with E-state index in [4.69, 9.17) is 15.2 Å². The van der Waals surface area contributed by atoms with Crippen molar-refractivity contribution >= 4 is 23.6 Å². The fraction of sp³-hybridized carbons (Fsp3) is 0.615. The fourth-order valence-corrected chi connectivity index (χ4v) is 4.05. The Kier molecular flexibility index (Phi) is 10.2. The highest BCUT2D eigenvalue weighted by Gasteiger charge is 2.51. The maximum absolute atomic E-state index is 13.2. The van der Waals surface area contributed by atoms with Gasteiger partial charge in [0.05, 0.1) is 6.54 Å². The van der Waals surface area contributed by atoms with Crippen molar-refractivity contribution in [3.8, 4) is 5.75 Å². The number of nitrogens with zero attached hydrogens (tertiary/aromatic N) is 3. The van der Waals surface area contributed by atoms with Gasteiger partial charge in [0.25, 0.3) is 0 Å². The third kappa shape index (κ3) is 7.11. The molecule has 0 aliphatic carbocycles. The first kappa shape index (κ1) is 29.4. The van der Waals surface area contributed by atoms with Gasteiger partial charge in [0.1, 0.15) is 17.5 Å². The number of quaternary nitrogens is 1. The van der Waals surface area contributed by atoms with Gasteiger partial charge in [0.15, 0.2) is 12.3 Å². The number of esters is 1. The molecule has 0 spiro atoms. The molecule has 200 valence electrons. The highest BCUT2D eigenvalue weighted by molar-refractivity contribution is 6.40. The van der Waals surface area contributed by atoms with Crippen LogP contribution >= 0.6 is 0 Å². The van der Waals surface area contributed by atoms with Gasteiger partial charge in [0, 0.05) is 19.0 Å². The van der Waals surface area contributed by atoms with Crippen LogP contribution in [0.25, 0.3) is 0 Å². The van der Waals surface area contributed by atoms with Crippen LogP contribution in [0.4, 0.5) is 4.79 Å². The Morgan fingerprint density at radius 2 is 1.81 bits per heavy atom. The van der Waals surface area contributed by atoms with Gasteiger partial charge in [-0.25, -0.2) is 19.0 Å². The Hall–Kier alpha value is -2.82. The number of carbonyl (C=O) groups is 3. The van der Waals surface area contributed by atoms with Crippen molar-refractivity contribution in [2.24, 2.45) is 10.7 Å². The quantitative estimate of drug-likeness (QED) is 0.276. The van der Waals surface area contributed by atoms with Gasteiger partial charge >= 0.3 is 17.9 Å². The third-order valence-electron chi connectivity index (χ3n) is 5.82. The zero-order valence-corrected chi connectivity index (χ0v) is 22.3. The van der Waals surface area contributed by atoms with Crippen LogP contribution in [0, 0.1) is 5.21 Å². The molecule has 2 N–H and O–H groups in total. The molecule has 1 aliphatic rings. The summed E-state index contributed by atoms with van der Waals surface area (Å²) in [4.78, 5) is 43.5. The highest BCUT2D eigenvalue weighted by atomic mass is 16.6. The minimum absolute atomic E-state index is 0.0469. The highest BCUT2D eigenvalue weighted by Crippen LogP contribution is 2.26. The first-order valence-electron chi connectivity index (χ1n) is 12.6. The smallest absolute Gasteiger partial charge is 0.428 e. The average molecular weight is 505 g/mol. The fourth-order valence-electron chi connectivity index (χ4n) is 4.05. The molecule has 2 rings (SSSR count). The molecule has 0 saturated carbocycles. The van der Waals surface area contributed by atoms with Crippen LogP contribution in [-0.2, 0) is 14.3 Å². The number of amides is 3. The lowest BCUT2D eigenvalue weighted by molar-refractivity contribution is -0.722. The number of urea groups is 1. The topological polar surface area (TPSA) is 134 Å². The summed E-state index contributed by atoms with van der Waals surface area (Å²) in [5.74, 6) is -0.845.